The SMILES string of the molecule is CCC(=O)NCc1noc(-c2ccc(OC)cc2)n1. The van der Waals surface area contributed by atoms with E-state index in [1.165, 1.54) is 0 Å². The van der Waals surface area contributed by atoms with Crippen LogP contribution in [-0.2, 0) is 11.3 Å². The van der Waals surface area contributed by atoms with E-state index < -0.39 is 0 Å². The van der Waals surface area contributed by atoms with Crippen LogP contribution in [0.2, 0.25) is 0 Å². The van der Waals surface area contributed by atoms with E-state index in [1.807, 2.05) is 24.3 Å². The molecule has 0 saturated carbocycles. The van der Waals surface area contributed by atoms with Crippen molar-refractivity contribution in [3.63, 3.8) is 0 Å². The summed E-state index contributed by atoms with van der Waals surface area (Å²) in [5.41, 5.74) is 0.807. The molecule has 2 rings (SSSR count). The fraction of sp³-hybridized carbons (Fsp3) is 0.308. The van der Waals surface area contributed by atoms with Crippen LogP contribution in [0.4, 0.5) is 0 Å². The molecule has 0 atom stereocenters. The number of nitrogens with zero attached hydrogens (tertiary/aromatic N) is 2. The number of methoxy groups -OCH3 is 1. The van der Waals surface area contributed by atoms with E-state index in [0.29, 0.717) is 18.1 Å². The van der Waals surface area contributed by atoms with Crippen LogP contribution >= 0.6 is 0 Å². The molecule has 1 aromatic carbocycles. The van der Waals surface area contributed by atoms with E-state index in [9.17, 15) is 4.79 Å². The molecule has 0 fully saturated rings. The molecule has 0 bridgehead atoms. The van der Waals surface area contributed by atoms with Crippen LogP contribution in [0.25, 0.3) is 11.5 Å². The largest absolute Gasteiger partial charge is 0.497 e. The topological polar surface area (TPSA) is 77.2 Å². The predicted molar refractivity (Wildman–Crippen MR) is 68.4 cm³/mol. The minimum atomic E-state index is -0.0456. The molecule has 1 heterocycles. The van der Waals surface area contributed by atoms with E-state index >= 15 is 0 Å². The van der Waals surface area contributed by atoms with Crippen LogP contribution in [0.15, 0.2) is 28.8 Å². The normalized spacial score (nSPS) is 10.2. The number of rotatable bonds is 5. The monoisotopic (exact) mass is 261 g/mol. The average molecular weight is 261 g/mol. The van der Waals surface area contributed by atoms with Gasteiger partial charge in [-0.1, -0.05) is 12.1 Å². The molecule has 2 aromatic rings. The van der Waals surface area contributed by atoms with Crippen molar-refractivity contribution in [1.82, 2.24) is 15.5 Å². The lowest BCUT2D eigenvalue weighted by Crippen LogP contribution is -2.21. The van der Waals surface area contributed by atoms with Crippen molar-refractivity contribution in [3.8, 4) is 17.2 Å². The van der Waals surface area contributed by atoms with Gasteiger partial charge in [-0.25, -0.2) is 0 Å². The molecule has 1 aromatic heterocycles. The third kappa shape index (κ3) is 3.31. The Morgan fingerprint density at radius 3 is 2.74 bits per heavy atom. The zero-order valence-electron chi connectivity index (χ0n) is 10.8. The summed E-state index contributed by atoms with van der Waals surface area (Å²) in [7, 11) is 1.61. The smallest absolute Gasteiger partial charge is 0.257 e. The summed E-state index contributed by atoms with van der Waals surface area (Å²) in [6.45, 7) is 2.06. The molecule has 0 spiro atoms. The fourth-order valence-electron chi connectivity index (χ4n) is 1.48. The van der Waals surface area contributed by atoms with Crippen LogP contribution in [-0.4, -0.2) is 23.2 Å². The maximum absolute atomic E-state index is 11.1. The maximum Gasteiger partial charge on any atom is 0.257 e. The lowest BCUT2D eigenvalue weighted by molar-refractivity contribution is -0.120. The number of benzene rings is 1. The zero-order valence-corrected chi connectivity index (χ0v) is 10.8. The highest BCUT2D eigenvalue weighted by atomic mass is 16.5. The van der Waals surface area contributed by atoms with E-state index in [-0.39, 0.29) is 12.5 Å². The van der Waals surface area contributed by atoms with Crippen LogP contribution in [0, 0.1) is 0 Å². The van der Waals surface area contributed by atoms with Crippen molar-refractivity contribution in [2.75, 3.05) is 7.11 Å². The lowest BCUT2D eigenvalue weighted by Gasteiger charge is -1.99. The van der Waals surface area contributed by atoms with E-state index in [2.05, 4.69) is 15.5 Å². The third-order valence-electron chi connectivity index (χ3n) is 2.57. The van der Waals surface area contributed by atoms with Gasteiger partial charge in [-0.3, -0.25) is 4.79 Å². The summed E-state index contributed by atoms with van der Waals surface area (Å²) in [6, 6.07) is 7.30. The minimum absolute atomic E-state index is 0.0456. The Labute approximate surface area is 110 Å². The molecule has 0 saturated heterocycles. The number of carbonyl (C=O) groups excluding carboxylic acids is 1. The molecule has 100 valence electrons. The number of carbonyl (C=O) groups is 1. The molecule has 0 aliphatic heterocycles. The molecular weight excluding hydrogens is 246 g/mol. The molecule has 0 radical (unpaired) electrons. The van der Waals surface area contributed by atoms with Gasteiger partial charge in [-0.15, -0.1) is 0 Å². The van der Waals surface area contributed by atoms with Gasteiger partial charge in [0.15, 0.2) is 5.82 Å². The lowest BCUT2D eigenvalue weighted by atomic mass is 10.2. The molecule has 1 N–H and O–H groups in total. The predicted octanol–water partition coefficient (Wildman–Crippen LogP) is 1.77. The quantitative estimate of drug-likeness (QED) is 0.887. The van der Waals surface area contributed by atoms with Crippen molar-refractivity contribution in [1.29, 1.82) is 0 Å². The van der Waals surface area contributed by atoms with Gasteiger partial charge in [0.2, 0.25) is 5.91 Å². The van der Waals surface area contributed by atoms with E-state index in [4.69, 9.17) is 9.26 Å². The van der Waals surface area contributed by atoms with Crippen molar-refractivity contribution < 1.29 is 14.1 Å². The Hall–Kier alpha value is -2.37. The number of nitrogens with one attached hydrogen (secondary N) is 1. The molecule has 0 unspecified atom stereocenters. The van der Waals surface area contributed by atoms with E-state index in [0.717, 1.165) is 11.3 Å². The molecular formula is C13H15N3O3. The summed E-state index contributed by atoms with van der Waals surface area (Å²) >= 11 is 0. The van der Waals surface area contributed by atoms with Gasteiger partial charge < -0.3 is 14.6 Å². The molecule has 1 amide bonds. The maximum atomic E-state index is 11.1. The first-order valence-corrected chi connectivity index (χ1v) is 5.96. The number of hydrogen-bond acceptors (Lipinski definition) is 5. The summed E-state index contributed by atoms with van der Waals surface area (Å²) in [4.78, 5) is 15.3. The zero-order chi connectivity index (χ0) is 13.7. The summed E-state index contributed by atoms with van der Waals surface area (Å²) in [5, 5.41) is 6.50. The second kappa shape index (κ2) is 5.99. The van der Waals surface area contributed by atoms with E-state index in [1.54, 1.807) is 14.0 Å². The summed E-state index contributed by atoms with van der Waals surface area (Å²) < 4.78 is 10.2. The molecule has 6 nitrogen and oxygen atoms in total. The Morgan fingerprint density at radius 2 is 2.11 bits per heavy atom. The van der Waals surface area contributed by atoms with Gasteiger partial charge in [-0.2, -0.15) is 4.98 Å². The Morgan fingerprint density at radius 1 is 1.37 bits per heavy atom. The minimum Gasteiger partial charge on any atom is -0.497 e. The van der Waals surface area contributed by atoms with Crippen LogP contribution < -0.4 is 10.1 Å². The molecule has 19 heavy (non-hydrogen) atoms. The molecule has 6 heteroatoms. The third-order valence-corrected chi connectivity index (χ3v) is 2.57. The first-order chi connectivity index (χ1) is 9.22. The number of hydrogen-bond donors (Lipinski definition) is 1. The standard InChI is InChI=1S/C13H15N3O3/c1-3-12(17)14-8-11-15-13(19-16-11)9-4-6-10(18-2)7-5-9/h4-7H,3,8H2,1-2H3,(H,14,17). The molecule has 0 aliphatic carbocycles. The Balaban J connectivity index is 2.05. The van der Waals surface area contributed by atoms with Gasteiger partial charge >= 0.3 is 0 Å². The van der Waals surface area contributed by atoms with Crippen LogP contribution in [0.5, 0.6) is 5.75 Å². The summed E-state index contributed by atoms with van der Waals surface area (Å²) in [5.74, 6) is 1.59. The van der Waals surface area contributed by atoms with Crippen LogP contribution in [0.1, 0.15) is 19.2 Å². The van der Waals surface area contributed by atoms with Crippen molar-refractivity contribution >= 4 is 5.91 Å². The van der Waals surface area contributed by atoms with Crippen LogP contribution in [0.3, 0.4) is 0 Å². The summed E-state index contributed by atoms with van der Waals surface area (Å²) in [6.07, 6.45) is 0.434. The first-order valence-electron chi connectivity index (χ1n) is 5.96. The van der Waals surface area contributed by atoms with Crippen molar-refractivity contribution in [2.45, 2.75) is 19.9 Å². The highest BCUT2D eigenvalue weighted by molar-refractivity contribution is 5.75. The number of ether oxygens (including phenoxy) is 1. The van der Waals surface area contributed by atoms with Crippen molar-refractivity contribution in [2.24, 2.45) is 0 Å². The second-order valence-corrected chi connectivity index (χ2v) is 3.87. The second-order valence-electron chi connectivity index (χ2n) is 3.87. The van der Waals surface area contributed by atoms with Gasteiger partial charge in [0.25, 0.3) is 5.89 Å². The Kier molecular flexibility index (Phi) is 4.12. The first kappa shape index (κ1) is 13.1. The Bertz CT molecular complexity index is 549. The van der Waals surface area contributed by atoms with Crippen molar-refractivity contribution in [3.05, 3.63) is 30.1 Å². The van der Waals surface area contributed by atoms with Gasteiger partial charge in [-0.05, 0) is 24.3 Å². The number of amides is 1. The van der Waals surface area contributed by atoms with Gasteiger partial charge in [0.05, 0.1) is 13.7 Å². The highest BCUT2D eigenvalue weighted by Crippen LogP contribution is 2.20. The number of aromatic nitrogens is 2. The van der Waals surface area contributed by atoms with Gasteiger partial charge in [0.1, 0.15) is 5.75 Å². The van der Waals surface area contributed by atoms with Gasteiger partial charge in [0, 0.05) is 12.0 Å². The highest BCUT2D eigenvalue weighted by Gasteiger charge is 2.09. The fourth-order valence-corrected chi connectivity index (χ4v) is 1.48. The average Bonchev–Trinajstić information content (AvgIpc) is 2.93. The molecule has 0 aliphatic rings.